The summed E-state index contributed by atoms with van der Waals surface area (Å²) in [5.74, 6) is 1.67. The van der Waals surface area contributed by atoms with Crippen molar-refractivity contribution in [2.45, 2.75) is 38.0 Å². The first-order valence-corrected chi connectivity index (χ1v) is 14.8. The van der Waals surface area contributed by atoms with E-state index in [-0.39, 0.29) is 17.0 Å². The van der Waals surface area contributed by atoms with E-state index in [1.165, 1.54) is 11.1 Å². The molecule has 0 saturated carbocycles. The minimum atomic E-state index is -3.63. The molecule has 0 unspecified atom stereocenters. The highest BCUT2D eigenvalue weighted by molar-refractivity contribution is 7.89. The Morgan fingerprint density at radius 3 is 2.68 bits per heavy atom. The topological polar surface area (TPSA) is 109 Å². The van der Waals surface area contributed by atoms with Crippen molar-refractivity contribution < 1.29 is 13.2 Å². The van der Waals surface area contributed by atoms with Crippen LogP contribution in [0.4, 0.5) is 11.6 Å². The van der Waals surface area contributed by atoms with Crippen molar-refractivity contribution in [3.63, 3.8) is 0 Å². The molecule has 4 aromatic rings. The number of thiophene rings is 1. The average molecular weight is 539 g/mol. The molecule has 0 radical (unpaired) electrons. The molecule has 11 heteroatoms. The van der Waals surface area contributed by atoms with Crippen LogP contribution < -0.4 is 14.9 Å². The molecule has 0 spiro atoms. The second-order valence-corrected chi connectivity index (χ2v) is 13.1. The Labute approximate surface area is 220 Å². The normalized spacial score (nSPS) is 17.7. The number of ether oxygens (including phenoxy) is 1. The maximum atomic E-state index is 12.6. The predicted octanol–water partition coefficient (Wildman–Crippen LogP) is 3.94. The number of nitrogens with zero attached hydrogens (tertiary/aromatic N) is 4. The quantitative estimate of drug-likeness (QED) is 0.356. The van der Waals surface area contributed by atoms with Crippen LogP contribution in [-0.4, -0.2) is 56.3 Å². The molecular formula is C26H30N6O3S2. The SMILES string of the molecule is CC1(C)CCc2c(N3CCOCC3)nc3sc4c(NCNS(=O)(=O)c5ccccc5)ncnc4c3c2C1. The van der Waals surface area contributed by atoms with Gasteiger partial charge in [-0.3, -0.25) is 0 Å². The smallest absolute Gasteiger partial charge is 0.242 e. The molecule has 9 nitrogen and oxygen atoms in total. The third-order valence-electron chi connectivity index (χ3n) is 7.19. The second kappa shape index (κ2) is 9.46. The minimum Gasteiger partial charge on any atom is -0.378 e. The number of aromatic nitrogens is 3. The molecule has 2 aliphatic rings. The molecule has 6 rings (SSSR count). The van der Waals surface area contributed by atoms with Gasteiger partial charge in [-0.1, -0.05) is 32.0 Å². The van der Waals surface area contributed by atoms with Gasteiger partial charge in [-0.25, -0.2) is 23.4 Å². The zero-order valence-corrected chi connectivity index (χ0v) is 22.6. The number of benzene rings is 1. The Morgan fingerprint density at radius 1 is 1.11 bits per heavy atom. The van der Waals surface area contributed by atoms with Gasteiger partial charge in [0, 0.05) is 18.5 Å². The monoisotopic (exact) mass is 538 g/mol. The first-order valence-electron chi connectivity index (χ1n) is 12.5. The summed E-state index contributed by atoms with van der Waals surface area (Å²) < 4.78 is 34.3. The van der Waals surface area contributed by atoms with E-state index in [2.05, 4.69) is 38.8 Å². The highest BCUT2D eigenvalue weighted by atomic mass is 32.2. The lowest BCUT2D eigenvalue weighted by molar-refractivity contribution is 0.122. The molecule has 0 amide bonds. The Morgan fingerprint density at radius 2 is 1.89 bits per heavy atom. The lowest BCUT2D eigenvalue weighted by Gasteiger charge is -2.36. The predicted molar refractivity (Wildman–Crippen MR) is 147 cm³/mol. The van der Waals surface area contributed by atoms with E-state index in [9.17, 15) is 8.42 Å². The van der Waals surface area contributed by atoms with Gasteiger partial charge in [-0.2, -0.15) is 4.72 Å². The highest BCUT2D eigenvalue weighted by Gasteiger charge is 2.32. The molecule has 0 bridgehead atoms. The first kappa shape index (κ1) is 24.5. The van der Waals surface area contributed by atoms with Crippen LogP contribution in [0.5, 0.6) is 0 Å². The molecular weight excluding hydrogens is 508 g/mol. The van der Waals surface area contributed by atoms with Gasteiger partial charge in [-0.05, 0) is 47.9 Å². The van der Waals surface area contributed by atoms with Crippen molar-refractivity contribution in [3.05, 3.63) is 47.8 Å². The number of nitrogens with one attached hydrogen (secondary N) is 2. The van der Waals surface area contributed by atoms with Gasteiger partial charge in [0.25, 0.3) is 0 Å². The van der Waals surface area contributed by atoms with Gasteiger partial charge in [0.2, 0.25) is 10.0 Å². The fourth-order valence-corrected chi connectivity index (χ4v) is 7.31. The van der Waals surface area contributed by atoms with Gasteiger partial charge >= 0.3 is 0 Å². The maximum Gasteiger partial charge on any atom is 0.242 e. The van der Waals surface area contributed by atoms with Crippen LogP contribution in [0.15, 0.2) is 41.6 Å². The van der Waals surface area contributed by atoms with Gasteiger partial charge in [-0.15, -0.1) is 11.3 Å². The van der Waals surface area contributed by atoms with E-state index in [0.29, 0.717) is 19.0 Å². The fraction of sp³-hybridized carbons (Fsp3) is 0.423. The minimum absolute atomic E-state index is 0.00911. The summed E-state index contributed by atoms with van der Waals surface area (Å²) >= 11 is 1.56. The number of pyridine rings is 1. The van der Waals surface area contributed by atoms with Crippen molar-refractivity contribution in [1.29, 1.82) is 0 Å². The summed E-state index contributed by atoms with van der Waals surface area (Å²) in [5.41, 5.74) is 3.74. The van der Waals surface area contributed by atoms with Crippen LogP contribution >= 0.6 is 11.3 Å². The molecule has 2 N–H and O–H groups in total. The Bertz CT molecular complexity index is 1560. The van der Waals surface area contributed by atoms with E-state index < -0.39 is 10.0 Å². The lowest BCUT2D eigenvalue weighted by atomic mass is 9.73. The number of sulfonamides is 1. The van der Waals surface area contributed by atoms with Crippen LogP contribution in [0.1, 0.15) is 31.4 Å². The van der Waals surface area contributed by atoms with E-state index in [1.54, 1.807) is 48.0 Å². The van der Waals surface area contributed by atoms with E-state index >= 15 is 0 Å². The summed E-state index contributed by atoms with van der Waals surface area (Å²) in [6.45, 7) is 7.77. The zero-order valence-electron chi connectivity index (χ0n) is 21.0. The summed E-state index contributed by atoms with van der Waals surface area (Å²) in [5, 5.41) is 4.27. The van der Waals surface area contributed by atoms with Gasteiger partial charge < -0.3 is 15.0 Å². The summed E-state index contributed by atoms with van der Waals surface area (Å²) in [4.78, 5) is 17.8. The number of fused-ring (bicyclic) bond motifs is 5. The molecule has 3 aromatic heterocycles. The summed E-state index contributed by atoms with van der Waals surface area (Å²) in [6.07, 6.45) is 4.62. The third-order valence-corrected chi connectivity index (χ3v) is 9.68. The van der Waals surface area contributed by atoms with Crippen LogP contribution in [0, 0.1) is 5.41 Å². The van der Waals surface area contributed by atoms with Gasteiger partial charge in [0.1, 0.15) is 22.8 Å². The van der Waals surface area contributed by atoms with E-state index in [1.807, 2.05) is 0 Å². The van der Waals surface area contributed by atoms with Gasteiger partial charge in [0.05, 0.1) is 35.0 Å². The van der Waals surface area contributed by atoms with Crippen molar-refractivity contribution in [3.8, 4) is 0 Å². The third kappa shape index (κ3) is 4.65. The van der Waals surface area contributed by atoms with Crippen LogP contribution in [0.3, 0.4) is 0 Å². The van der Waals surface area contributed by atoms with Crippen LogP contribution in [-0.2, 0) is 27.6 Å². The summed E-state index contributed by atoms with van der Waals surface area (Å²) in [6, 6.07) is 8.33. The standard InChI is InChI=1S/C26H30N6O3S2/c1-26(2)9-8-18-19(14-26)20-21-22(36-25(20)31-24(18)32-10-12-35-13-11-32)23(28-15-27-21)29-16-30-37(33,34)17-6-4-3-5-7-17/h3-7,15,30H,8-14,16H2,1-2H3,(H,27,28,29). The van der Waals surface area contributed by atoms with Crippen molar-refractivity contribution in [2.75, 3.05) is 43.2 Å². The van der Waals surface area contributed by atoms with Crippen molar-refractivity contribution in [2.24, 2.45) is 5.41 Å². The van der Waals surface area contributed by atoms with Crippen molar-refractivity contribution >= 4 is 53.4 Å². The number of hydrogen-bond donors (Lipinski definition) is 2. The maximum absolute atomic E-state index is 12.6. The Kier molecular flexibility index (Phi) is 6.26. The first-order chi connectivity index (χ1) is 17.8. The van der Waals surface area contributed by atoms with Crippen LogP contribution in [0.25, 0.3) is 20.4 Å². The molecule has 194 valence electrons. The Hall–Kier alpha value is -2.86. The molecule has 1 aromatic carbocycles. The average Bonchev–Trinajstić information content (AvgIpc) is 3.28. The number of anilines is 2. The fourth-order valence-electron chi connectivity index (χ4n) is 5.25. The van der Waals surface area contributed by atoms with Crippen LogP contribution in [0.2, 0.25) is 0 Å². The van der Waals surface area contributed by atoms with E-state index in [4.69, 9.17) is 9.72 Å². The Balaban J connectivity index is 1.39. The summed E-state index contributed by atoms with van der Waals surface area (Å²) in [7, 11) is -3.63. The molecule has 1 saturated heterocycles. The lowest BCUT2D eigenvalue weighted by Crippen LogP contribution is -2.38. The van der Waals surface area contributed by atoms with Crippen molar-refractivity contribution in [1.82, 2.24) is 19.7 Å². The molecule has 0 atom stereocenters. The molecule has 1 aliphatic heterocycles. The molecule has 4 heterocycles. The molecule has 37 heavy (non-hydrogen) atoms. The van der Waals surface area contributed by atoms with Gasteiger partial charge in [0.15, 0.2) is 0 Å². The number of hydrogen-bond acceptors (Lipinski definition) is 9. The highest BCUT2D eigenvalue weighted by Crippen LogP contribution is 2.46. The second-order valence-electron chi connectivity index (χ2n) is 10.3. The zero-order chi connectivity index (χ0) is 25.6. The molecule has 1 aliphatic carbocycles. The largest absolute Gasteiger partial charge is 0.378 e. The van der Waals surface area contributed by atoms with E-state index in [0.717, 1.165) is 58.6 Å². The number of morpholine rings is 1. The number of rotatable bonds is 6. The molecule has 1 fully saturated rings.